The Bertz CT molecular complexity index is 223. The smallest absolute Gasteiger partial charge is 0.134 e. The molecule has 1 rings (SSSR count). The van der Waals surface area contributed by atoms with Gasteiger partial charge < -0.3 is 14.6 Å². The number of phenols is 1. The minimum atomic E-state index is 0.109. The second kappa shape index (κ2) is 3.14. The summed E-state index contributed by atoms with van der Waals surface area (Å²) >= 11 is 0. The Morgan fingerprint density at radius 3 is 2.00 bits per heavy atom. The maximum absolute atomic E-state index is 9.08. The van der Waals surface area contributed by atoms with Gasteiger partial charge in [-0.05, 0) is 0 Å². The molecule has 0 aliphatic heterocycles. The van der Waals surface area contributed by atoms with Crippen molar-refractivity contribution in [3.63, 3.8) is 0 Å². The predicted octanol–water partition coefficient (Wildman–Crippen LogP) is 1.21. The number of benzene rings is 1. The quantitative estimate of drug-likeness (QED) is 0.694. The first-order valence-electron chi connectivity index (χ1n) is 3.10. The largest absolute Gasteiger partial charge is 0.508 e. The van der Waals surface area contributed by atoms with Gasteiger partial charge in [0.25, 0.3) is 0 Å². The monoisotopic (exact) mass is 153 g/mol. The molecule has 1 N–H and O–H groups in total. The normalized spacial score (nSPS) is 9.27. The minimum absolute atomic E-state index is 0.109. The zero-order valence-electron chi connectivity index (χ0n) is 6.42. The fourth-order valence-electron chi connectivity index (χ4n) is 0.724. The first-order valence-corrected chi connectivity index (χ1v) is 3.10. The lowest BCUT2D eigenvalue weighted by Gasteiger charge is -2.02. The Morgan fingerprint density at radius 2 is 1.64 bits per heavy atom. The number of hydrogen-bond acceptors (Lipinski definition) is 3. The second-order valence-corrected chi connectivity index (χ2v) is 1.98. The van der Waals surface area contributed by atoms with Crippen LogP contribution in [0, 0.1) is 6.07 Å². The van der Waals surface area contributed by atoms with E-state index in [-0.39, 0.29) is 5.75 Å². The number of rotatable bonds is 2. The van der Waals surface area contributed by atoms with E-state index >= 15 is 0 Å². The van der Waals surface area contributed by atoms with Crippen LogP contribution in [0.4, 0.5) is 0 Å². The van der Waals surface area contributed by atoms with Crippen LogP contribution in [-0.4, -0.2) is 19.3 Å². The summed E-state index contributed by atoms with van der Waals surface area (Å²) in [6.45, 7) is 0. The van der Waals surface area contributed by atoms with Crippen molar-refractivity contribution in [2.75, 3.05) is 14.2 Å². The molecule has 0 spiro atoms. The summed E-state index contributed by atoms with van der Waals surface area (Å²) in [4.78, 5) is 0. The van der Waals surface area contributed by atoms with Gasteiger partial charge in [-0.3, -0.25) is 0 Å². The molecular formula is C8H9O3. The molecule has 0 fully saturated rings. The Morgan fingerprint density at radius 1 is 1.18 bits per heavy atom. The average molecular weight is 153 g/mol. The number of hydrogen-bond donors (Lipinski definition) is 1. The molecule has 0 aromatic heterocycles. The highest BCUT2D eigenvalue weighted by atomic mass is 16.5. The molecule has 0 aliphatic carbocycles. The fraction of sp³-hybridized carbons (Fsp3) is 0.250. The SMILES string of the molecule is COc1[c]c(OC)cc(O)c1. The van der Waals surface area contributed by atoms with Gasteiger partial charge in [0.15, 0.2) is 0 Å². The van der Waals surface area contributed by atoms with Crippen molar-refractivity contribution in [2.45, 2.75) is 0 Å². The van der Waals surface area contributed by atoms with Crippen LogP contribution in [0.15, 0.2) is 12.1 Å². The summed E-state index contributed by atoms with van der Waals surface area (Å²) in [6, 6.07) is 5.70. The standard InChI is InChI=1S/C8H9O3/c1-10-7-3-6(9)4-8(5-7)11-2/h3-4,9H,1-2H3. The summed E-state index contributed by atoms with van der Waals surface area (Å²) in [7, 11) is 3.01. The number of phenolic OH excluding ortho intramolecular Hbond substituents is 1. The third-order valence-electron chi connectivity index (χ3n) is 1.24. The van der Waals surface area contributed by atoms with E-state index in [1.807, 2.05) is 0 Å². The lowest BCUT2D eigenvalue weighted by Crippen LogP contribution is -1.86. The van der Waals surface area contributed by atoms with Crippen LogP contribution in [0.3, 0.4) is 0 Å². The highest BCUT2D eigenvalue weighted by Gasteiger charge is 1.99. The van der Waals surface area contributed by atoms with Gasteiger partial charge in [-0.1, -0.05) is 0 Å². The van der Waals surface area contributed by atoms with Crippen molar-refractivity contribution >= 4 is 0 Å². The molecule has 0 saturated heterocycles. The lowest BCUT2D eigenvalue weighted by molar-refractivity contribution is 0.383. The van der Waals surface area contributed by atoms with Gasteiger partial charge >= 0.3 is 0 Å². The fourth-order valence-corrected chi connectivity index (χ4v) is 0.724. The molecule has 59 valence electrons. The van der Waals surface area contributed by atoms with E-state index in [0.29, 0.717) is 11.5 Å². The van der Waals surface area contributed by atoms with Gasteiger partial charge in [0.1, 0.15) is 17.2 Å². The first kappa shape index (κ1) is 7.72. The Kier molecular flexibility index (Phi) is 2.21. The van der Waals surface area contributed by atoms with E-state index in [9.17, 15) is 0 Å². The summed E-state index contributed by atoms with van der Waals surface area (Å²) in [5.74, 6) is 1.03. The van der Waals surface area contributed by atoms with Crippen molar-refractivity contribution in [1.29, 1.82) is 0 Å². The molecule has 0 saturated carbocycles. The lowest BCUT2D eigenvalue weighted by atomic mass is 10.3. The van der Waals surface area contributed by atoms with E-state index in [2.05, 4.69) is 6.07 Å². The van der Waals surface area contributed by atoms with Crippen molar-refractivity contribution in [2.24, 2.45) is 0 Å². The third-order valence-corrected chi connectivity index (χ3v) is 1.24. The summed E-state index contributed by atoms with van der Waals surface area (Å²) in [5.41, 5.74) is 0. The van der Waals surface area contributed by atoms with E-state index in [4.69, 9.17) is 14.6 Å². The molecule has 0 bridgehead atoms. The zero-order chi connectivity index (χ0) is 8.27. The summed E-state index contributed by atoms with van der Waals surface area (Å²) in [6.07, 6.45) is 0. The van der Waals surface area contributed by atoms with Crippen molar-refractivity contribution < 1.29 is 14.6 Å². The molecule has 0 unspecified atom stereocenters. The van der Waals surface area contributed by atoms with Gasteiger partial charge in [-0.2, -0.15) is 0 Å². The van der Waals surface area contributed by atoms with E-state index in [1.54, 1.807) is 0 Å². The molecule has 0 amide bonds. The van der Waals surface area contributed by atoms with Gasteiger partial charge in [0.05, 0.1) is 20.3 Å². The summed E-state index contributed by atoms with van der Waals surface area (Å²) < 4.78 is 9.68. The zero-order valence-corrected chi connectivity index (χ0v) is 6.42. The molecule has 0 atom stereocenters. The van der Waals surface area contributed by atoms with Gasteiger partial charge in [0.2, 0.25) is 0 Å². The molecule has 1 aromatic rings. The molecule has 11 heavy (non-hydrogen) atoms. The van der Waals surface area contributed by atoms with Gasteiger partial charge in [0, 0.05) is 12.1 Å². The number of methoxy groups -OCH3 is 2. The van der Waals surface area contributed by atoms with Crippen LogP contribution in [0.25, 0.3) is 0 Å². The number of aromatic hydroxyl groups is 1. The molecule has 1 radical (unpaired) electrons. The molecule has 3 heteroatoms. The maximum Gasteiger partial charge on any atom is 0.134 e. The Balaban J connectivity index is 3.02. The molecule has 0 heterocycles. The van der Waals surface area contributed by atoms with E-state index in [0.717, 1.165) is 0 Å². The topological polar surface area (TPSA) is 38.7 Å². The van der Waals surface area contributed by atoms with Crippen LogP contribution < -0.4 is 9.47 Å². The molecule has 1 aromatic carbocycles. The molecule has 0 aliphatic rings. The van der Waals surface area contributed by atoms with Crippen LogP contribution in [0.5, 0.6) is 17.2 Å². The average Bonchev–Trinajstić information content (AvgIpc) is 2.03. The summed E-state index contributed by atoms with van der Waals surface area (Å²) in [5, 5.41) is 9.08. The number of ether oxygens (including phenoxy) is 2. The van der Waals surface area contributed by atoms with Crippen molar-refractivity contribution in [1.82, 2.24) is 0 Å². The van der Waals surface area contributed by atoms with Crippen LogP contribution in [0.1, 0.15) is 0 Å². The van der Waals surface area contributed by atoms with Gasteiger partial charge in [-0.15, -0.1) is 0 Å². The Hall–Kier alpha value is -1.38. The predicted molar refractivity (Wildman–Crippen MR) is 40.0 cm³/mol. The van der Waals surface area contributed by atoms with Crippen LogP contribution >= 0.6 is 0 Å². The van der Waals surface area contributed by atoms with Crippen LogP contribution in [-0.2, 0) is 0 Å². The second-order valence-electron chi connectivity index (χ2n) is 1.98. The highest BCUT2D eigenvalue weighted by Crippen LogP contribution is 2.24. The van der Waals surface area contributed by atoms with Crippen molar-refractivity contribution in [3.8, 4) is 17.2 Å². The van der Waals surface area contributed by atoms with E-state index in [1.165, 1.54) is 26.4 Å². The van der Waals surface area contributed by atoms with Gasteiger partial charge in [-0.25, -0.2) is 0 Å². The van der Waals surface area contributed by atoms with Crippen LogP contribution in [0.2, 0.25) is 0 Å². The Labute approximate surface area is 65.2 Å². The first-order chi connectivity index (χ1) is 5.26. The highest BCUT2D eigenvalue weighted by molar-refractivity contribution is 5.39. The minimum Gasteiger partial charge on any atom is -0.508 e. The molecule has 3 nitrogen and oxygen atoms in total. The van der Waals surface area contributed by atoms with E-state index < -0.39 is 0 Å². The molecular weight excluding hydrogens is 144 g/mol. The maximum atomic E-state index is 9.08. The van der Waals surface area contributed by atoms with Crippen molar-refractivity contribution in [3.05, 3.63) is 18.2 Å². The third kappa shape index (κ3) is 1.77.